The second-order valence-electron chi connectivity index (χ2n) is 4.41. The Kier molecular flexibility index (Phi) is 4.64. The molecular formula is C13H17F2NO2. The molecular weight excluding hydrogens is 240 g/mol. The summed E-state index contributed by atoms with van der Waals surface area (Å²) in [5.41, 5.74) is -0.667. The van der Waals surface area contributed by atoms with Crippen LogP contribution in [0.1, 0.15) is 37.6 Å². The molecule has 0 amide bonds. The zero-order valence-corrected chi connectivity index (χ0v) is 10.6. The maximum Gasteiger partial charge on any atom is 0.338 e. The summed E-state index contributed by atoms with van der Waals surface area (Å²) in [6.07, 6.45) is 0.908. The summed E-state index contributed by atoms with van der Waals surface area (Å²) in [6, 6.07) is 2.28. The lowest BCUT2D eigenvalue weighted by Crippen LogP contribution is -2.24. The van der Waals surface area contributed by atoms with Crippen LogP contribution in [0.4, 0.5) is 14.5 Å². The first-order chi connectivity index (χ1) is 8.38. The summed E-state index contributed by atoms with van der Waals surface area (Å²) in [7, 11) is 0. The van der Waals surface area contributed by atoms with Crippen molar-refractivity contribution in [3.8, 4) is 0 Å². The number of halogens is 2. The van der Waals surface area contributed by atoms with Crippen molar-refractivity contribution in [2.75, 3.05) is 5.32 Å². The average molecular weight is 257 g/mol. The van der Waals surface area contributed by atoms with Gasteiger partial charge in [0.25, 0.3) is 0 Å². The summed E-state index contributed by atoms with van der Waals surface area (Å²) in [6.45, 7) is 5.88. The molecule has 0 heterocycles. The molecule has 0 bridgehead atoms. The van der Waals surface area contributed by atoms with Crippen LogP contribution in [0.3, 0.4) is 0 Å². The van der Waals surface area contributed by atoms with E-state index in [-0.39, 0.29) is 11.7 Å². The van der Waals surface area contributed by atoms with Crippen LogP contribution in [-0.2, 0) is 0 Å². The first-order valence-electron chi connectivity index (χ1n) is 5.86. The first kappa shape index (κ1) is 14.4. The van der Waals surface area contributed by atoms with Gasteiger partial charge in [-0.05, 0) is 25.0 Å². The van der Waals surface area contributed by atoms with Crippen molar-refractivity contribution >= 4 is 11.7 Å². The molecule has 0 fully saturated rings. The minimum atomic E-state index is -1.48. The van der Waals surface area contributed by atoms with Gasteiger partial charge in [-0.1, -0.05) is 20.3 Å². The van der Waals surface area contributed by atoms with E-state index in [1.807, 2.05) is 20.8 Å². The van der Waals surface area contributed by atoms with Crippen molar-refractivity contribution in [3.05, 3.63) is 29.3 Å². The Morgan fingerprint density at radius 2 is 1.94 bits per heavy atom. The number of carboxylic acids is 1. The lowest BCUT2D eigenvalue weighted by molar-refractivity contribution is 0.0690. The Labute approximate surface area is 105 Å². The van der Waals surface area contributed by atoms with Crippen molar-refractivity contribution in [1.82, 2.24) is 0 Å². The van der Waals surface area contributed by atoms with Gasteiger partial charge in [0.1, 0.15) is 0 Å². The van der Waals surface area contributed by atoms with Gasteiger partial charge in [0.05, 0.1) is 11.3 Å². The molecule has 0 saturated carbocycles. The van der Waals surface area contributed by atoms with Crippen LogP contribution in [0, 0.1) is 17.6 Å². The van der Waals surface area contributed by atoms with E-state index >= 15 is 0 Å². The Morgan fingerprint density at radius 3 is 2.44 bits per heavy atom. The summed E-state index contributed by atoms with van der Waals surface area (Å²) < 4.78 is 27.1. The molecule has 2 N–H and O–H groups in total. The van der Waals surface area contributed by atoms with E-state index in [1.54, 1.807) is 0 Å². The minimum absolute atomic E-state index is 0.00898. The number of hydrogen-bond acceptors (Lipinski definition) is 2. The van der Waals surface area contributed by atoms with Crippen LogP contribution in [0.25, 0.3) is 0 Å². The minimum Gasteiger partial charge on any atom is -0.478 e. The van der Waals surface area contributed by atoms with Crippen molar-refractivity contribution in [1.29, 1.82) is 0 Å². The number of carboxylic acid groups (broad SMARTS) is 1. The molecule has 18 heavy (non-hydrogen) atoms. The number of benzene rings is 1. The highest BCUT2D eigenvalue weighted by Gasteiger charge is 2.19. The van der Waals surface area contributed by atoms with Gasteiger partial charge in [-0.25, -0.2) is 13.6 Å². The molecule has 0 radical (unpaired) electrons. The predicted octanol–water partition coefficient (Wildman–Crippen LogP) is 3.51. The quantitative estimate of drug-likeness (QED) is 0.848. The zero-order valence-electron chi connectivity index (χ0n) is 10.6. The van der Waals surface area contributed by atoms with E-state index in [2.05, 4.69) is 5.32 Å². The van der Waals surface area contributed by atoms with Gasteiger partial charge in [0.2, 0.25) is 0 Å². The van der Waals surface area contributed by atoms with Crippen LogP contribution in [0.15, 0.2) is 12.1 Å². The molecule has 0 aromatic heterocycles. The molecule has 1 rings (SSSR count). The van der Waals surface area contributed by atoms with E-state index in [4.69, 9.17) is 5.11 Å². The standard InChI is InChI=1S/C13H17F2NO2/c1-4-7(2)8(3)16-10-6-5-9(13(17)18)11(14)12(10)15/h5-8,16H,4H2,1-3H3,(H,17,18). The fourth-order valence-corrected chi connectivity index (χ4v) is 1.57. The van der Waals surface area contributed by atoms with Gasteiger partial charge >= 0.3 is 5.97 Å². The third-order valence-electron chi connectivity index (χ3n) is 3.19. The molecule has 0 saturated heterocycles. The van der Waals surface area contributed by atoms with E-state index in [1.165, 1.54) is 6.07 Å². The normalized spacial score (nSPS) is 14.1. The Morgan fingerprint density at radius 1 is 1.33 bits per heavy atom. The van der Waals surface area contributed by atoms with Crippen LogP contribution in [0.2, 0.25) is 0 Å². The monoisotopic (exact) mass is 257 g/mol. The molecule has 3 nitrogen and oxygen atoms in total. The van der Waals surface area contributed by atoms with Crippen LogP contribution in [-0.4, -0.2) is 17.1 Å². The molecule has 2 unspecified atom stereocenters. The highest BCUT2D eigenvalue weighted by atomic mass is 19.2. The van der Waals surface area contributed by atoms with Gasteiger partial charge in [0.15, 0.2) is 11.6 Å². The van der Waals surface area contributed by atoms with Crippen LogP contribution >= 0.6 is 0 Å². The number of nitrogens with one attached hydrogen (secondary N) is 1. The van der Waals surface area contributed by atoms with Crippen molar-refractivity contribution in [2.45, 2.75) is 33.2 Å². The molecule has 0 aliphatic heterocycles. The van der Waals surface area contributed by atoms with Crippen LogP contribution in [0.5, 0.6) is 0 Å². The third-order valence-corrected chi connectivity index (χ3v) is 3.19. The summed E-state index contributed by atoms with van der Waals surface area (Å²) >= 11 is 0. The maximum absolute atomic E-state index is 13.6. The largest absolute Gasteiger partial charge is 0.478 e. The summed E-state index contributed by atoms with van der Waals surface area (Å²) in [5.74, 6) is -3.66. The number of aromatic carboxylic acids is 1. The van der Waals surface area contributed by atoms with Crippen LogP contribution < -0.4 is 5.32 Å². The number of rotatable bonds is 5. The predicted molar refractivity (Wildman–Crippen MR) is 65.9 cm³/mol. The lowest BCUT2D eigenvalue weighted by atomic mass is 10.0. The molecule has 0 aliphatic rings. The number of anilines is 1. The molecule has 1 aromatic rings. The second kappa shape index (κ2) is 5.80. The van der Waals surface area contributed by atoms with Crippen molar-refractivity contribution in [3.63, 3.8) is 0 Å². The van der Waals surface area contributed by atoms with Gasteiger partial charge in [0, 0.05) is 6.04 Å². The molecule has 2 atom stereocenters. The highest BCUT2D eigenvalue weighted by molar-refractivity contribution is 5.88. The topological polar surface area (TPSA) is 49.3 Å². The van der Waals surface area contributed by atoms with Gasteiger partial charge in [-0.3, -0.25) is 0 Å². The summed E-state index contributed by atoms with van der Waals surface area (Å²) in [5, 5.41) is 11.5. The van der Waals surface area contributed by atoms with Gasteiger partial charge in [-0.2, -0.15) is 0 Å². The fraction of sp³-hybridized carbons (Fsp3) is 0.462. The van der Waals surface area contributed by atoms with Crippen molar-refractivity contribution < 1.29 is 18.7 Å². The zero-order chi connectivity index (χ0) is 13.9. The second-order valence-corrected chi connectivity index (χ2v) is 4.41. The Hall–Kier alpha value is -1.65. The number of hydrogen-bond donors (Lipinski definition) is 2. The van der Waals surface area contributed by atoms with Gasteiger partial charge in [-0.15, -0.1) is 0 Å². The molecule has 1 aromatic carbocycles. The fourth-order valence-electron chi connectivity index (χ4n) is 1.57. The summed E-state index contributed by atoms with van der Waals surface area (Å²) in [4.78, 5) is 10.6. The molecule has 0 spiro atoms. The highest BCUT2D eigenvalue weighted by Crippen LogP contribution is 2.23. The smallest absolute Gasteiger partial charge is 0.338 e. The SMILES string of the molecule is CCC(C)C(C)Nc1ccc(C(=O)O)c(F)c1F. The van der Waals surface area contributed by atoms with Crippen molar-refractivity contribution in [2.24, 2.45) is 5.92 Å². The first-order valence-corrected chi connectivity index (χ1v) is 5.86. The van der Waals surface area contributed by atoms with E-state index in [0.29, 0.717) is 5.92 Å². The lowest BCUT2D eigenvalue weighted by Gasteiger charge is -2.21. The average Bonchev–Trinajstić information content (AvgIpc) is 2.33. The van der Waals surface area contributed by atoms with E-state index < -0.39 is 23.2 Å². The maximum atomic E-state index is 13.6. The molecule has 0 aliphatic carbocycles. The third kappa shape index (κ3) is 2.97. The van der Waals surface area contributed by atoms with Gasteiger partial charge < -0.3 is 10.4 Å². The van der Waals surface area contributed by atoms with E-state index in [9.17, 15) is 13.6 Å². The Bertz CT molecular complexity index is 449. The molecule has 5 heteroatoms. The van der Waals surface area contributed by atoms with E-state index in [0.717, 1.165) is 12.5 Å². The Balaban J connectivity index is 2.99. The number of carbonyl (C=O) groups is 1. The molecule has 100 valence electrons.